The van der Waals surface area contributed by atoms with Crippen molar-refractivity contribution in [2.75, 3.05) is 43.0 Å². The second kappa shape index (κ2) is 9.78. The van der Waals surface area contributed by atoms with E-state index >= 15 is 0 Å². The largest absolute Gasteiger partial charge is 0.462 e. The van der Waals surface area contributed by atoms with Gasteiger partial charge in [-0.15, -0.1) is 0 Å². The Morgan fingerprint density at radius 3 is 2.50 bits per heavy atom. The summed E-state index contributed by atoms with van der Waals surface area (Å²) in [6, 6.07) is 17.3. The van der Waals surface area contributed by atoms with Crippen molar-refractivity contribution in [2.24, 2.45) is 0 Å². The Morgan fingerprint density at radius 2 is 1.78 bits per heavy atom. The smallest absolute Gasteiger partial charge is 0.339 e. The zero-order valence-corrected chi connectivity index (χ0v) is 18.5. The number of fused-ring (bicyclic) bond motifs is 1. The van der Waals surface area contributed by atoms with Crippen LogP contribution in [0, 0.1) is 0 Å². The molecule has 1 atom stereocenters. The fraction of sp³-hybridized carbons (Fsp3) is 0.320. The lowest BCUT2D eigenvalue weighted by Gasteiger charge is -2.38. The molecule has 1 unspecified atom stereocenters. The van der Waals surface area contributed by atoms with Gasteiger partial charge in [0.2, 0.25) is 5.91 Å². The predicted molar refractivity (Wildman–Crippen MR) is 126 cm³/mol. The lowest BCUT2D eigenvalue weighted by Crippen LogP contribution is -2.53. The van der Waals surface area contributed by atoms with E-state index in [0.717, 1.165) is 48.5 Å². The van der Waals surface area contributed by atoms with Crippen LogP contribution in [0.3, 0.4) is 0 Å². The quantitative estimate of drug-likeness (QED) is 0.601. The molecule has 2 aromatic carbocycles. The number of rotatable bonds is 6. The molecule has 1 N–H and O–H groups in total. The third-order valence-electron chi connectivity index (χ3n) is 5.87. The number of carbonyl (C=O) groups is 2. The van der Waals surface area contributed by atoms with Gasteiger partial charge in [0.05, 0.1) is 18.2 Å². The number of anilines is 2. The SMILES string of the molecule is CCOC(=O)c1ccc(N2CCN(C(C)C(=O)Nc3cccc4ccccc34)CC2)nc1. The summed E-state index contributed by atoms with van der Waals surface area (Å²) in [6.07, 6.45) is 1.56. The Hall–Kier alpha value is -3.45. The molecule has 7 nitrogen and oxygen atoms in total. The van der Waals surface area contributed by atoms with Crippen molar-refractivity contribution in [1.82, 2.24) is 9.88 Å². The number of aromatic nitrogens is 1. The summed E-state index contributed by atoms with van der Waals surface area (Å²) in [7, 11) is 0. The van der Waals surface area contributed by atoms with E-state index in [1.807, 2.05) is 55.5 Å². The molecule has 0 radical (unpaired) electrons. The molecule has 1 aliphatic heterocycles. The molecule has 1 aromatic heterocycles. The average molecular weight is 433 g/mol. The molecule has 0 spiro atoms. The standard InChI is InChI=1S/C25H28N4O3/c1-3-32-25(31)20-11-12-23(26-17-20)29-15-13-28(14-16-29)18(2)24(30)27-22-10-6-8-19-7-4-5-9-21(19)22/h4-12,17-18H,3,13-16H2,1-2H3,(H,27,30). The molecule has 0 bridgehead atoms. The van der Waals surface area contributed by atoms with Crippen LogP contribution >= 0.6 is 0 Å². The first-order chi connectivity index (χ1) is 15.6. The monoisotopic (exact) mass is 432 g/mol. The Kier molecular flexibility index (Phi) is 6.66. The van der Waals surface area contributed by atoms with E-state index in [1.165, 1.54) is 0 Å². The minimum absolute atomic E-state index is 0.00767. The number of ether oxygens (including phenoxy) is 1. The fourth-order valence-corrected chi connectivity index (χ4v) is 3.98. The fourth-order valence-electron chi connectivity index (χ4n) is 3.98. The molecule has 166 valence electrons. The summed E-state index contributed by atoms with van der Waals surface area (Å²) in [5, 5.41) is 5.25. The first-order valence-corrected chi connectivity index (χ1v) is 11.0. The minimum Gasteiger partial charge on any atom is -0.462 e. The summed E-state index contributed by atoms with van der Waals surface area (Å²) >= 11 is 0. The number of nitrogens with zero attached hydrogens (tertiary/aromatic N) is 3. The molecular weight excluding hydrogens is 404 g/mol. The van der Waals surface area contributed by atoms with Crippen LogP contribution in [0.15, 0.2) is 60.8 Å². The second-order valence-electron chi connectivity index (χ2n) is 7.84. The molecule has 7 heteroatoms. The van der Waals surface area contributed by atoms with Crippen molar-refractivity contribution < 1.29 is 14.3 Å². The number of benzene rings is 2. The van der Waals surface area contributed by atoms with Gasteiger partial charge in [0, 0.05) is 43.4 Å². The molecule has 0 saturated carbocycles. The van der Waals surface area contributed by atoms with Crippen LogP contribution in [0.2, 0.25) is 0 Å². The molecular formula is C25H28N4O3. The van der Waals surface area contributed by atoms with E-state index in [1.54, 1.807) is 19.2 Å². The highest BCUT2D eigenvalue weighted by atomic mass is 16.5. The van der Waals surface area contributed by atoms with Gasteiger partial charge in [-0.25, -0.2) is 9.78 Å². The van der Waals surface area contributed by atoms with Crippen LogP contribution in [0.1, 0.15) is 24.2 Å². The highest BCUT2D eigenvalue weighted by molar-refractivity contribution is 6.03. The Bertz CT molecular complexity index is 1090. The average Bonchev–Trinajstić information content (AvgIpc) is 2.84. The van der Waals surface area contributed by atoms with Gasteiger partial charge in [-0.3, -0.25) is 9.69 Å². The lowest BCUT2D eigenvalue weighted by atomic mass is 10.1. The van der Waals surface area contributed by atoms with Gasteiger partial charge in [-0.05, 0) is 37.4 Å². The number of nitrogens with one attached hydrogen (secondary N) is 1. The molecule has 0 aliphatic carbocycles. The van der Waals surface area contributed by atoms with Crippen molar-refractivity contribution in [3.05, 3.63) is 66.4 Å². The van der Waals surface area contributed by atoms with E-state index in [2.05, 4.69) is 20.1 Å². The van der Waals surface area contributed by atoms with E-state index < -0.39 is 0 Å². The first kappa shape index (κ1) is 21.8. The van der Waals surface area contributed by atoms with Crippen LogP contribution in [-0.2, 0) is 9.53 Å². The van der Waals surface area contributed by atoms with Crippen LogP contribution in [0.25, 0.3) is 10.8 Å². The lowest BCUT2D eigenvalue weighted by molar-refractivity contribution is -0.120. The normalized spacial score (nSPS) is 15.4. The zero-order valence-electron chi connectivity index (χ0n) is 18.5. The Balaban J connectivity index is 1.34. The van der Waals surface area contributed by atoms with E-state index in [9.17, 15) is 9.59 Å². The van der Waals surface area contributed by atoms with Crippen LogP contribution < -0.4 is 10.2 Å². The van der Waals surface area contributed by atoms with Gasteiger partial charge >= 0.3 is 5.97 Å². The van der Waals surface area contributed by atoms with E-state index in [0.29, 0.717) is 12.2 Å². The van der Waals surface area contributed by atoms with Gasteiger partial charge < -0.3 is 15.0 Å². The number of esters is 1. The molecule has 1 saturated heterocycles. The molecule has 32 heavy (non-hydrogen) atoms. The highest BCUT2D eigenvalue weighted by Crippen LogP contribution is 2.23. The number of piperazine rings is 1. The molecule has 4 rings (SSSR count). The van der Waals surface area contributed by atoms with E-state index in [4.69, 9.17) is 4.74 Å². The van der Waals surface area contributed by atoms with Gasteiger partial charge in [0.1, 0.15) is 5.82 Å². The Labute approximate surface area is 188 Å². The third kappa shape index (κ3) is 4.73. The van der Waals surface area contributed by atoms with Crippen LogP contribution in [0.4, 0.5) is 11.5 Å². The maximum Gasteiger partial charge on any atom is 0.339 e. The highest BCUT2D eigenvalue weighted by Gasteiger charge is 2.26. The van der Waals surface area contributed by atoms with Gasteiger partial charge in [0.15, 0.2) is 0 Å². The van der Waals surface area contributed by atoms with Crippen molar-refractivity contribution in [3.63, 3.8) is 0 Å². The molecule has 1 fully saturated rings. The van der Waals surface area contributed by atoms with Crippen LogP contribution in [-0.4, -0.2) is 60.6 Å². The van der Waals surface area contributed by atoms with Gasteiger partial charge in [0.25, 0.3) is 0 Å². The number of hydrogen-bond donors (Lipinski definition) is 1. The van der Waals surface area contributed by atoms with Crippen molar-refractivity contribution in [3.8, 4) is 0 Å². The summed E-state index contributed by atoms with van der Waals surface area (Å²) < 4.78 is 5.01. The zero-order chi connectivity index (χ0) is 22.5. The maximum absolute atomic E-state index is 12.9. The summed E-state index contributed by atoms with van der Waals surface area (Å²) in [5.74, 6) is 0.458. The second-order valence-corrected chi connectivity index (χ2v) is 7.84. The molecule has 1 amide bonds. The van der Waals surface area contributed by atoms with Crippen LogP contribution in [0.5, 0.6) is 0 Å². The number of amides is 1. The summed E-state index contributed by atoms with van der Waals surface area (Å²) in [6.45, 7) is 7.10. The topological polar surface area (TPSA) is 74.8 Å². The Morgan fingerprint density at radius 1 is 1.03 bits per heavy atom. The van der Waals surface area contributed by atoms with E-state index in [-0.39, 0.29) is 17.9 Å². The number of pyridine rings is 1. The molecule has 3 aromatic rings. The maximum atomic E-state index is 12.9. The van der Waals surface area contributed by atoms with Crippen molar-refractivity contribution in [1.29, 1.82) is 0 Å². The number of carbonyl (C=O) groups excluding carboxylic acids is 2. The molecule has 1 aliphatic rings. The minimum atomic E-state index is -0.359. The summed E-state index contributed by atoms with van der Waals surface area (Å²) in [5.41, 5.74) is 1.29. The first-order valence-electron chi connectivity index (χ1n) is 11.0. The van der Waals surface area contributed by atoms with Gasteiger partial charge in [-0.2, -0.15) is 0 Å². The summed E-state index contributed by atoms with van der Waals surface area (Å²) in [4.78, 5) is 33.5. The molecule has 2 heterocycles. The van der Waals surface area contributed by atoms with Gasteiger partial charge in [-0.1, -0.05) is 36.4 Å². The van der Waals surface area contributed by atoms with Crippen molar-refractivity contribution in [2.45, 2.75) is 19.9 Å². The predicted octanol–water partition coefficient (Wildman–Crippen LogP) is 3.56. The van der Waals surface area contributed by atoms with Crippen molar-refractivity contribution >= 4 is 34.2 Å². The number of hydrogen-bond acceptors (Lipinski definition) is 6. The third-order valence-corrected chi connectivity index (χ3v) is 5.87.